The van der Waals surface area contributed by atoms with Gasteiger partial charge in [0.05, 0.1) is 25.0 Å². The number of carbonyl (C=O) groups is 2. The molecule has 0 radical (unpaired) electrons. The van der Waals surface area contributed by atoms with E-state index in [0.29, 0.717) is 0 Å². The first-order valence-corrected chi connectivity index (χ1v) is 8.03. The highest BCUT2D eigenvalue weighted by Crippen LogP contribution is 2.17. The van der Waals surface area contributed by atoms with Crippen molar-refractivity contribution in [3.8, 4) is 0 Å². The number of esters is 2. The molecule has 8 heteroatoms. The SMILES string of the molecule is [2H]C([2H])([2H])C([2H])([2H])C([2H])([2H])C([2H])([2H])C([2H])(C([2H])([2H])OC(=O)CC(C(=O)OC([2H])([2H])C([2H])(C([2H])([2H])C([2H])([2H])[2H])C([2H])([2H])C([2H])([2H])C([2H])([2H])C([2H])([2H])[2H])S(=O)(=O)O)C([2H])([2H])C([2H])([2H])[2H]. The van der Waals surface area contributed by atoms with Gasteiger partial charge in [0, 0.05) is 41.1 Å². The zero-order valence-corrected chi connectivity index (χ0v) is 14.4. The zero-order valence-electron chi connectivity index (χ0n) is 47.6. The van der Waals surface area contributed by atoms with Gasteiger partial charge in [0.25, 0.3) is 10.1 Å². The normalized spacial score (nSPS) is 42.0. The molecule has 0 heterocycles. The van der Waals surface area contributed by atoms with Crippen LogP contribution < -0.4 is 0 Å². The Kier molecular flexibility index (Phi) is 2.65. The van der Waals surface area contributed by atoms with Crippen LogP contribution in [0.3, 0.4) is 0 Å². The fourth-order valence-corrected chi connectivity index (χ4v) is 1.77. The lowest BCUT2D eigenvalue weighted by molar-refractivity contribution is -0.151. The van der Waals surface area contributed by atoms with Gasteiger partial charge in [-0.3, -0.25) is 14.1 Å². The van der Waals surface area contributed by atoms with Crippen molar-refractivity contribution >= 4 is 22.1 Å². The highest BCUT2D eigenvalue weighted by molar-refractivity contribution is 7.87. The predicted molar refractivity (Wildman–Crippen MR) is 108 cm³/mol. The molecule has 3 unspecified atom stereocenters. The Labute approximate surface area is 218 Å². The zero-order chi connectivity index (χ0) is 51.4. The molecule has 0 aliphatic rings. The molecule has 0 saturated heterocycles. The third kappa shape index (κ3) is 11.6. The summed E-state index contributed by atoms with van der Waals surface area (Å²) in [5, 5.41) is -3.91. The van der Waals surface area contributed by atoms with E-state index in [0.717, 1.165) is 0 Å². The lowest BCUT2D eigenvalue weighted by Crippen LogP contribution is -2.35. The molecule has 0 bridgehead atoms. The van der Waals surface area contributed by atoms with Gasteiger partial charge in [0.2, 0.25) is 0 Å². The van der Waals surface area contributed by atoms with Gasteiger partial charge < -0.3 is 9.47 Å². The molecule has 0 aromatic rings. The first-order valence-electron chi connectivity index (χ1n) is 23.5. The maximum Gasteiger partial charge on any atom is 0.327 e. The van der Waals surface area contributed by atoms with E-state index in [1.165, 1.54) is 0 Å². The van der Waals surface area contributed by atoms with Crippen LogP contribution >= 0.6 is 0 Å². The summed E-state index contributed by atoms with van der Waals surface area (Å²) in [5.41, 5.74) is 0. The van der Waals surface area contributed by atoms with Gasteiger partial charge in [-0.1, -0.05) is 65.6 Å². The van der Waals surface area contributed by atoms with Crippen LogP contribution in [0.5, 0.6) is 0 Å². The van der Waals surface area contributed by atoms with E-state index in [1.807, 2.05) is 0 Å². The van der Waals surface area contributed by atoms with E-state index in [9.17, 15) is 22.6 Å². The number of carbonyl (C=O) groups excluding carboxylic acids is 2. The molecule has 0 spiro atoms. The third-order valence-corrected chi connectivity index (χ3v) is 3.32. The molecule has 28 heavy (non-hydrogen) atoms. The van der Waals surface area contributed by atoms with E-state index in [-0.39, 0.29) is 0 Å². The maximum atomic E-state index is 13.2. The van der Waals surface area contributed by atoms with Crippen molar-refractivity contribution in [2.24, 2.45) is 11.8 Å². The number of ether oxygens (including phenoxy) is 2. The van der Waals surface area contributed by atoms with Crippen molar-refractivity contribution in [3.05, 3.63) is 0 Å². The minimum absolute atomic E-state index is 2.61. The first-order chi connectivity index (χ1) is 26.1. The average Bonchev–Trinajstić information content (AvgIpc) is 2.98. The van der Waals surface area contributed by atoms with Crippen molar-refractivity contribution in [3.63, 3.8) is 0 Å². The van der Waals surface area contributed by atoms with E-state index >= 15 is 0 Å². The van der Waals surface area contributed by atoms with E-state index in [1.54, 1.807) is 0 Å². The number of hydrogen-bond donors (Lipinski definition) is 1. The Morgan fingerprint density at radius 1 is 1.00 bits per heavy atom. The van der Waals surface area contributed by atoms with Gasteiger partial charge in [0.15, 0.2) is 5.25 Å². The van der Waals surface area contributed by atoms with Crippen LogP contribution in [0.15, 0.2) is 0 Å². The second kappa shape index (κ2) is 14.8. The van der Waals surface area contributed by atoms with Crippen molar-refractivity contribution < 1.29 is 78.6 Å². The third-order valence-electron chi connectivity index (χ3n) is 2.25. The van der Waals surface area contributed by atoms with E-state index < -0.39 is 137 Å². The van der Waals surface area contributed by atoms with Crippen LogP contribution in [0, 0.1) is 11.8 Å². The summed E-state index contributed by atoms with van der Waals surface area (Å²) in [6.45, 7) is -28.1. The quantitative estimate of drug-likeness (QED) is 0.274. The maximum absolute atomic E-state index is 13.2. The summed E-state index contributed by atoms with van der Waals surface area (Å²) in [6, 6.07) is 0. The fraction of sp³-hybridized carbons (Fsp3) is 0.900. The molecule has 0 amide bonds. The Balaban J connectivity index is 7.92. The largest absolute Gasteiger partial charge is 0.465 e. The molecule has 0 aromatic carbocycles. The fourth-order valence-electron chi connectivity index (χ4n) is 1.13. The second-order valence-electron chi connectivity index (χ2n) is 4.06. The molecule has 0 rings (SSSR count). The summed E-state index contributed by atoms with van der Waals surface area (Å²) in [5.74, 6) is -16.6. The van der Waals surface area contributed by atoms with Crippen LogP contribution in [0.1, 0.15) is 131 Å². The second-order valence-corrected chi connectivity index (χ2v) is 5.66. The van der Waals surface area contributed by atoms with Crippen molar-refractivity contribution in [2.75, 3.05) is 13.1 Å². The molecule has 1 N–H and O–H groups in total. The molecule has 0 aliphatic heterocycles. The predicted octanol–water partition coefficient (Wildman–Crippen LogP) is 4.15. The van der Waals surface area contributed by atoms with Gasteiger partial charge in [0.1, 0.15) is 0 Å². The monoisotopic (exact) mass is 456 g/mol. The summed E-state index contributed by atoms with van der Waals surface area (Å²) < 4.78 is 309. The summed E-state index contributed by atoms with van der Waals surface area (Å²) in [6.07, 6.45) is -42.0. The van der Waals surface area contributed by atoms with Crippen LogP contribution in [0.2, 0.25) is 0 Å². The van der Waals surface area contributed by atoms with Gasteiger partial charge >= 0.3 is 11.9 Å². The van der Waals surface area contributed by atoms with Crippen LogP contribution in [-0.2, 0) is 29.2 Å². The molecule has 0 aliphatic carbocycles. The van der Waals surface area contributed by atoms with Crippen molar-refractivity contribution in [2.45, 2.75) is 90.1 Å². The van der Waals surface area contributed by atoms with Crippen molar-refractivity contribution in [1.29, 1.82) is 0 Å². The molecular formula is C20H38O7S. The first kappa shape index (κ1) is 5.01. The van der Waals surface area contributed by atoms with Gasteiger partial charge in [-0.05, 0) is 24.5 Å². The summed E-state index contributed by atoms with van der Waals surface area (Å²) >= 11 is 0. The minimum atomic E-state index is -6.47. The molecule has 166 valence electrons. The summed E-state index contributed by atoms with van der Waals surface area (Å²) in [4.78, 5) is 26.3. The van der Waals surface area contributed by atoms with E-state index in [2.05, 4.69) is 9.47 Å². The molecule has 7 nitrogen and oxygen atoms in total. The van der Waals surface area contributed by atoms with E-state index in [4.69, 9.17) is 46.6 Å². The van der Waals surface area contributed by atoms with Gasteiger partial charge in [-0.25, -0.2) is 0 Å². The Hall–Kier alpha value is -1.15. The molecule has 0 saturated carbocycles. The lowest BCUT2D eigenvalue weighted by Gasteiger charge is -2.18. The highest BCUT2D eigenvalue weighted by atomic mass is 32.2. The van der Waals surface area contributed by atoms with Crippen molar-refractivity contribution in [1.82, 2.24) is 0 Å². The Bertz CT molecular complexity index is 1790. The van der Waals surface area contributed by atoms with Crippen LogP contribution in [0.25, 0.3) is 0 Å². The van der Waals surface area contributed by atoms with Crippen LogP contribution in [-0.4, -0.2) is 43.3 Å². The number of rotatable bonds is 16. The molecular weight excluding hydrogens is 384 g/mol. The molecule has 3 atom stereocenters. The Morgan fingerprint density at radius 2 is 1.54 bits per heavy atom. The molecule has 0 aromatic heterocycles. The highest BCUT2D eigenvalue weighted by Gasteiger charge is 2.36. The summed E-state index contributed by atoms with van der Waals surface area (Å²) in [7, 11) is -6.47. The van der Waals surface area contributed by atoms with Crippen LogP contribution in [0.4, 0.5) is 0 Å². The average molecular weight is 457 g/mol. The number of hydrogen-bond acceptors (Lipinski definition) is 6. The lowest BCUT2D eigenvalue weighted by atomic mass is 10.0. The standard InChI is InChI=1S/C20H38O7S/c1-5-9-11-16(7-3)14-26-19(21)13-18(28(23,24)25)20(22)27-15-17(8-4)12-10-6-2/h16-18H,5-15H2,1-4H3,(H,23,24,25)/i1D3,2D3,3D3,4D3,5D2,6D2,7D2,8D2,9D2,10D2,11D2,12D2,14D2,15D2,16D,17D. The van der Waals surface area contributed by atoms with Gasteiger partial charge in [-0.2, -0.15) is 8.42 Å². The topological polar surface area (TPSA) is 107 Å². The minimum Gasteiger partial charge on any atom is -0.465 e. The smallest absolute Gasteiger partial charge is 0.327 e. The Morgan fingerprint density at radius 3 is 2.00 bits per heavy atom. The van der Waals surface area contributed by atoms with Gasteiger partial charge in [-0.15, -0.1) is 0 Å². The molecule has 0 fully saturated rings.